The second-order valence-electron chi connectivity index (χ2n) is 20.2. The van der Waals surface area contributed by atoms with E-state index in [-0.39, 0.29) is 31.4 Å². The summed E-state index contributed by atoms with van der Waals surface area (Å²) in [6, 6.07) is 3.45. The van der Waals surface area contributed by atoms with Gasteiger partial charge in [0.15, 0.2) is 0 Å². The Morgan fingerprint density at radius 1 is 1.08 bits per heavy atom. The molecule has 5 fully saturated rings. The molecule has 3 saturated carbocycles. The first-order valence-electron chi connectivity index (χ1n) is 23.3. The summed E-state index contributed by atoms with van der Waals surface area (Å²) in [6.07, 6.45) is 8.98. The van der Waals surface area contributed by atoms with Gasteiger partial charge in [0.05, 0.1) is 30.6 Å². The van der Waals surface area contributed by atoms with Crippen molar-refractivity contribution in [3.05, 3.63) is 36.4 Å². The van der Waals surface area contributed by atoms with Crippen LogP contribution >= 0.6 is 0 Å². The van der Waals surface area contributed by atoms with E-state index < -0.39 is 73.6 Å². The summed E-state index contributed by atoms with van der Waals surface area (Å²) in [5, 5.41) is 6.51. The van der Waals surface area contributed by atoms with Gasteiger partial charge in [0, 0.05) is 24.3 Å². The van der Waals surface area contributed by atoms with Crippen LogP contribution in [-0.4, -0.2) is 121 Å². The van der Waals surface area contributed by atoms with Crippen molar-refractivity contribution in [2.75, 3.05) is 39.9 Å². The molecule has 16 nitrogen and oxygen atoms in total. The number of pyridine rings is 1. The highest BCUT2D eigenvalue weighted by atomic mass is 32.2. The zero-order valence-electron chi connectivity index (χ0n) is 38.0. The fourth-order valence-electron chi connectivity index (χ4n) is 9.67. The number of methoxy groups -OCH3 is 1. The summed E-state index contributed by atoms with van der Waals surface area (Å²) < 4.78 is 52.9. The number of para-hydroxylation sites is 1. The third-order valence-electron chi connectivity index (χ3n) is 14.3. The molecular weight excluding hydrogens is 841 g/mol. The predicted octanol–water partition coefficient (Wildman–Crippen LogP) is 5.16. The number of carbonyl (C=O) groups is 4. The quantitative estimate of drug-likeness (QED) is 0.187. The fourth-order valence-corrected chi connectivity index (χ4v) is 11.0. The number of hydrogen-bond donors (Lipinski definition) is 3. The Hall–Kier alpha value is -4.64. The van der Waals surface area contributed by atoms with Crippen molar-refractivity contribution in [1.29, 1.82) is 0 Å². The molecule has 2 bridgehead atoms. The van der Waals surface area contributed by atoms with Gasteiger partial charge >= 0.3 is 6.09 Å². The molecular formula is C47H66N6O10S. The minimum atomic E-state index is -4.02. The molecule has 0 radical (unpaired) electrons. The number of sulfonamides is 1. The van der Waals surface area contributed by atoms with Crippen LogP contribution in [0.3, 0.4) is 0 Å². The number of hydrogen-bond acceptors (Lipinski definition) is 12. The minimum absolute atomic E-state index is 0.00652. The number of nitrogens with one attached hydrogen (secondary N) is 3. The van der Waals surface area contributed by atoms with Crippen LogP contribution < -0.4 is 29.6 Å². The van der Waals surface area contributed by atoms with Gasteiger partial charge in [0.25, 0.3) is 5.91 Å². The normalized spacial score (nSPS) is 29.4. The predicted molar refractivity (Wildman–Crippen MR) is 239 cm³/mol. The molecule has 7 atom stereocenters. The van der Waals surface area contributed by atoms with Gasteiger partial charge in [-0.1, -0.05) is 45.8 Å². The summed E-state index contributed by atoms with van der Waals surface area (Å²) in [4.78, 5) is 65.9. The summed E-state index contributed by atoms with van der Waals surface area (Å²) in [5.41, 5.74) is -1.05. The summed E-state index contributed by atoms with van der Waals surface area (Å²) >= 11 is 0. The minimum Gasteiger partial charge on any atom is -0.494 e. The molecule has 3 aliphatic carbocycles. The Labute approximate surface area is 377 Å². The lowest BCUT2D eigenvalue weighted by Gasteiger charge is -2.35. The summed E-state index contributed by atoms with van der Waals surface area (Å²) in [5.74, 6) is -0.807. The first-order valence-corrected chi connectivity index (χ1v) is 24.8. The van der Waals surface area contributed by atoms with Crippen molar-refractivity contribution >= 4 is 44.7 Å². The highest BCUT2D eigenvalue weighted by Gasteiger charge is 2.63. The van der Waals surface area contributed by atoms with Gasteiger partial charge in [-0.2, -0.15) is 0 Å². The topological polar surface area (TPSA) is 195 Å². The maximum absolute atomic E-state index is 14.9. The lowest BCUT2D eigenvalue weighted by molar-refractivity contribution is -0.142. The average molecular weight is 907 g/mol. The SMILES string of the molecule is C=C[C@@H]1CC1(NC(=O)[C@@H]1C[C@@H]2CN1C(=O)[C@H](C(C)(C)C)NC(=O)O[C@@H]1C[C@H]1CCCCCc1c(nc3c(OC)cccc3c1OCCCN1CCCC1)O2)C(=O)NS(=O)(=O)C1(C)CC1. The van der Waals surface area contributed by atoms with Crippen molar-refractivity contribution in [1.82, 2.24) is 30.1 Å². The van der Waals surface area contributed by atoms with Crippen molar-refractivity contribution in [3.8, 4) is 17.4 Å². The smallest absolute Gasteiger partial charge is 0.408 e. The molecule has 350 valence electrons. The second kappa shape index (κ2) is 18.0. The molecule has 1 aromatic heterocycles. The zero-order chi connectivity index (χ0) is 45.6. The number of ether oxygens (including phenoxy) is 4. The van der Waals surface area contributed by atoms with E-state index in [0.29, 0.717) is 48.8 Å². The number of nitrogens with zero attached hydrogens (tertiary/aromatic N) is 3. The number of alkyl carbamates (subject to hydrolysis) is 1. The van der Waals surface area contributed by atoms with Crippen LogP contribution in [0.15, 0.2) is 30.9 Å². The highest BCUT2D eigenvalue weighted by Crippen LogP contribution is 2.48. The van der Waals surface area contributed by atoms with E-state index in [1.807, 2.05) is 39.0 Å². The lowest BCUT2D eigenvalue weighted by atomic mass is 9.85. The Kier molecular flexibility index (Phi) is 12.9. The molecule has 4 amide bonds. The second-order valence-corrected chi connectivity index (χ2v) is 22.4. The largest absolute Gasteiger partial charge is 0.494 e. The monoisotopic (exact) mass is 906 g/mol. The maximum Gasteiger partial charge on any atom is 0.408 e. The third kappa shape index (κ3) is 9.52. The van der Waals surface area contributed by atoms with Gasteiger partial charge in [-0.3, -0.25) is 19.1 Å². The number of likely N-dealkylation sites (tertiary alicyclic amines) is 1. The lowest BCUT2D eigenvalue weighted by Crippen LogP contribution is -2.60. The van der Waals surface area contributed by atoms with Crippen molar-refractivity contribution in [3.63, 3.8) is 0 Å². The van der Waals surface area contributed by atoms with E-state index in [1.165, 1.54) is 23.8 Å². The van der Waals surface area contributed by atoms with Crippen LogP contribution in [0.4, 0.5) is 4.79 Å². The first kappa shape index (κ1) is 45.9. The number of rotatable bonds is 12. The Morgan fingerprint density at radius 2 is 1.84 bits per heavy atom. The van der Waals surface area contributed by atoms with Crippen LogP contribution in [0.1, 0.15) is 110 Å². The van der Waals surface area contributed by atoms with Crippen LogP contribution in [0, 0.1) is 17.3 Å². The Bertz CT molecular complexity index is 2250. The number of benzene rings is 1. The maximum atomic E-state index is 14.9. The molecule has 4 heterocycles. The van der Waals surface area contributed by atoms with Crippen LogP contribution in [0.25, 0.3) is 10.9 Å². The fraction of sp³-hybridized carbons (Fsp3) is 0.681. The van der Waals surface area contributed by atoms with Gasteiger partial charge < -0.3 is 39.4 Å². The van der Waals surface area contributed by atoms with E-state index in [0.717, 1.165) is 69.1 Å². The molecule has 1 aromatic carbocycles. The van der Waals surface area contributed by atoms with Crippen molar-refractivity contribution in [2.45, 2.75) is 146 Å². The van der Waals surface area contributed by atoms with Crippen LogP contribution in [-0.2, 0) is 35.6 Å². The van der Waals surface area contributed by atoms with E-state index in [9.17, 15) is 27.6 Å². The molecule has 3 aliphatic heterocycles. The van der Waals surface area contributed by atoms with Crippen LogP contribution in [0.5, 0.6) is 17.4 Å². The summed E-state index contributed by atoms with van der Waals surface area (Å²) in [6.45, 7) is 14.5. The number of amides is 4. The molecule has 2 saturated heterocycles. The summed E-state index contributed by atoms with van der Waals surface area (Å²) in [7, 11) is -2.43. The highest BCUT2D eigenvalue weighted by molar-refractivity contribution is 7.91. The molecule has 0 spiro atoms. The molecule has 17 heteroatoms. The first-order chi connectivity index (χ1) is 30.5. The van der Waals surface area contributed by atoms with E-state index in [2.05, 4.69) is 26.8 Å². The van der Waals surface area contributed by atoms with Gasteiger partial charge in [0.1, 0.15) is 46.8 Å². The van der Waals surface area contributed by atoms with E-state index >= 15 is 0 Å². The standard InChI is InChI=1S/C47H66N6O10S/c1-7-30-27-47(30,43(56)51-64(58,59)46(5)19-20-46)50-40(54)34-26-31-28-53(34)42(55)39(45(2,3)4)49-44(57)63-36-25-29(36)15-9-8-10-16-33-38(61-24-14-23-52-21-11-12-22-52)32-17-13-18-35(60-6)37(32)48-41(33)62-31/h7,13,17-18,29-31,34,36,39H,1,8-12,14-16,19-28H2,2-6H3,(H,49,57)(H,50,54)(H,51,56)/t29-,30-,31-,34+,36-,39-,47?/m1/s1. The molecule has 64 heavy (non-hydrogen) atoms. The number of fused-ring (bicyclic) bond motifs is 5. The van der Waals surface area contributed by atoms with Gasteiger partial charge in [-0.05, 0) is 108 Å². The van der Waals surface area contributed by atoms with Crippen molar-refractivity contribution < 1.29 is 46.5 Å². The molecule has 6 aliphatic rings. The number of carbonyl (C=O) groups excluding carboxylic acids is 4. The molecule has 2 aromatic rings. The Morgan fingerprint density at radius 3 is 2.53 bits per heavy atom. The number of aromatic nitrogens is 1. The molecule has 1 unspecified atom stereocenters. The van der Waals surface area contributed by atoms with E-state index in [1.54, 1.807) is 14.0 Å². The van der Waals surface area contributed by atoms with Gasteiger partial charge in [0.2, 0.25) is 27.7 Å². The average Bonchev–Trinajstić information content (AvgIpc) is 4.20. The van der Waals surface area contributed by atoms with Gasteiger partial charge in [-0.25, -0.2) is 18.2 Å². The van der Waals surface area contributed by atoms with Gasteiger partial charge in [-0.15, -0.1) is 6.58 Å². The molecule has 3 N–H and O–H groups in total. The third-order valence-corrected chi connectivity index (χ3v) is 16.4. The Balaban J connectivity index is 1.14. The molecule has 8 rings (SSSR count). The van der Waals surface area contributed by atoms with Crippen LogP contribution in [0.2, 0.25) is 0 Å². The van der Waals surface area contributed by atoms with Crippen molar-refractivity contribution in [2.24, 2.45) is 17.3 Å². The zero-order valence-corrected chi connectivity index (χ0v) is 38.9. The van der Waals surface area contributed by atoms with E-state index in [4.69, 9.17) is 23.9 Å².